The Kier molecular flexibility index (Phi) is 3.92. The molecule has 0 radical (unpaired) electrons. The molecule has 1 aliphatic rings. The van der Waals surface area contributed by atoms with Gasteiger partial charge in [0.1, 0.15) is 4.88 Å². The van der Waals surface area contributed by atoms with Crippen molar-refractivity contribution in [1.29, 1.82) is 0 Å². The number of carbonyl (C=O) groups is 1. The van der Waals surface area contributed by atoms with Crippen molar-refractivity contribution in [2.24, 2.45) is 0 Å². The first-order valence-corrected chi connectivity index (χ1v) is 8.15. The van der Waals surface area contributed by atoms with Crippen LogP contribution in [0.15, 0.2) is 24.3 Å². The molecule has 1 fully saturated rings. The number of nitrogen functional groups attached to an aromatic ring is 1. The highest BCUT2D eigenvalue weighted by atomic mass is 32.1. The van der Waals surface area contributed by atoms with E-state index in [0.29, 0.717) is 16.6 Å². The van der Waals surface area contributed by atoms with Crippen LogP contribution in [0, 0.1) is 0 Å². The van der Waals surface area contributed by atoms with E-state index < -0.39 is 0 Å². The summed E-state index contributed by atoms with van der Waals surface area (Å²) in [4.78, 5) is 13.1. The van der Waals surface area contributed by atoms with E-state index >= 15 is 0 Å². The summed E-state index contributed by atoms with van der Waals surface area (Å²) in [6.07, 6.45) is 7.20. The van der Waals surface area contributed by atoms with E-state index in [0.717, 1.165) is 22.9 Å². The van der Waals surface area contributed by atoms with Crippen molar-refractivity contribution in [2.45, 2.75) is 44.6 Å². The van der Waals surface area contributed by atoms with Gasteiger partial charge in [-0.15, -0.1) is 11.3 Å². The molecule has 1 aromatic carbocycles. The van der Waals surface area contributed by atoms with Gasteiger partial charge in [-0.2, -0.15) is 0 Å². The van der Waals surface area contributed by atoms with E-state index in [1.807, 2.05) is 24.3 Å². The van der Waals surface area contributed by atoms with Gasteiger partial charge in [0.25, 0.3) is 5.91 Å². The summed E-state index contributed by atoms with van der Waals surface area (Å²) in [5, 5.41) is 4.16. The van der Waals surface area contributed by atoms with E-state index in [2.05, 4.69) is 5.32 Å². The molecule has 106 valence electrons. The van der Waals surface area contributed by atoms with Gasteiger partial charge >= 0.3 is 0 Å². The van der Waals surface area contributed by atoms with Crippen molar-refractivity contribution >= 4 is 33.0 Å². The molecule has 3 N–H and O–H groups in total. The summed E-state index contributed by atoms with van der Waals surface area (Å²) < 4.78 is 1.08. The molecule has 1 heterocycles. The van der Waals surface area contributed by atoms with Gasteiger partial charge < -0.3 is 11.1 Å². The van der Waals surface area contributed by atoms with Crippen molar-refractivity contribution in [2.75, 3.05) is 5.73 Å². The number of fused-ring (bicyclic) bond motifs is 1. The summed E-state index contributed by atoms with van der Waals surface area (Å²) in [5.74, 6) is -0.00407. The van der Waals surface area contributed by atoms with Crippen LogP contribution in [0.1, 0.15) is 48.2 Å². The van der Waals surface area contributed by atoms with Crippen LogP contribution in [0.3, 0.4) is 0 Å². The maximum absolute atomic E-state index is 12.4. The fraction of sp³-hybridized carbons (Fsp3) is 0.438. The molecule has 3 rings (SSSR count). The smallest absolute Gasteiger partial charge is 0.263 e. The van der Waals surface area contributed by atoms with E-state index in [4.69, 9.17) is 5.73 Å². The highest BCUT2D eigenvalue weighted by Crippen LogP contribution is 2.33. The third-order valence-corrected chi connectivity index (χ3v) is 5.22. The molecule has 1 amide bonds. The van der Waals surface area contributed by atoms with Gasteiger partial charge in [-0.3, -0.25) is 4.79 Å². The highest BCUT2D eigenvalue weighted by Gasteiger charge is 2.20. The Labute approximate surface area is 123 Å². The standard InChI is InChI=1S/C16H20N2OS/c17-14-12-9-5-6-10-13(12)20-15(14)16(19)18-11-7-3-1-2-4-8-11/h5-6,9-11H,1-4,7-8,17H2,(H,18,19). The number of nitrogens with one attached hydrogen (secondary N) is 1. The van der Waals surface area contributed by atoms with Crippen molar-refractivity contribution in [3.05, 3.63) is 29.1 Å². The zero-order chi connectivity index (χ0) is 13.9. The van der Waals surface area contributed by atoms with Gasteiger partial charge in [-0.25, -0.2) is 0 Å². The lowest BCUT2D eigenvalue weighted by Crippen LogP contribution is -2.34. The number of thiophene rings is 1. The van der Waals surface area contributed by atoms with Crippen LogP contribution >= 0.6 is 11.3 Å². The Morgan fingerprint density at radius 2 is 1.85 bits per heavy atom. The van der Waals surface area contributed by atoms with Crippen LogP contribution in [0.2, 0.25) is 0 Å². The first kappa shape index (κ1) is 13.4. The summed E-state index contributed by atoms with van der Waals surface area (Å²) in [7, 11) is 0. The van der Waals surface area contributed by atoms with Crippen LogP contribution in [-0.4, -0.2) is 11.9 Å². The number of rotatable bonds is 2. The lowest BCUT2D eigenvalue weighted by Gasteiger charge is -2.15. The van der Waals surface area contributed by atoms with E-state index in [-0.39, 0.29) is 5.91 Å². The molecule has 3 nitrogen and oxygen atoms in total. The summed E-state index contributed by atoms with van der Waals surface area (Å²) in [6, 6.07) is 8.24. The largest absolute Gasteiger partial charge is 0.397 e. The molecular weight excluding hydrogens is 268 g/mol. The Balaban J connectivity index is 1.79. The number of anilines is 1. The van der Waals surface area contributed by atoms with Gasteiger partial charge in [0, 0.05) is 16.1 Å². The normalized spacial score (nSPS) is 17.0. The first-order valence-electron chi connectivity index (χ1n) is 7.33. The molecule has 20 heavy (non-hydrogen) atoms. The minimum atomic E-state index is -0.00407. The SMILES string of the molecule is Nc1c(C(=O)NC2CCCCCC2)sc2ccccc12. The number of hydrogen-bond acceptors (Lipinski definition) is 3. The van der Waals surface area contributed by atoms with Gasteiger partial charge in [0.2, 0.25) is 0 Å². The topological polar surface area (TPSA) is 55.1 Å². The molecule has 1 saturated carbocycles. The lowest BCUT2D eigenvalue weighted by atomic mass is 10.1. The molecule has 1 aromatic heterocycles. The maximum Gasteiger partial charge on any atom is 0.263 e. The van der Waals surface area contributed by atoms with Crippen LogP contribution in [0.4, 0.5) is 5.69 Å². The Morgan fingerprint density at radius 3 is 2.55 bits per heavy atom. The fourth-order valence-electron chi connectivity index (χ4n) is 2.91. The quantitative estimate of drug-likeness (QED) is 0.822. The number of amides is 1. The second-order valence-corrected chi connectivity index (χ2v) is 6.56. The summed E-state index contributed by atoms with van der Waals surface area (Å²) >= 11 is 1.49. The number of hydrogen-bond donors (Lipinski definition) is 2. The number of carbonyl (C=O) groups excluding carboxylic acids is 1. The Hall–Kier alpha value is -1.55. The van der Waals surface area contributed by atoms with Gasteiger partial charge in [0.15, 0.2) is 0 Å². The Bertz CT molecular complexity index is 612. The fourth-order valence-corrected chi connectivity index (χ4v) is 3.93. The zero-order valence-electron chi connectivity index (χ0n) is 11.5. The molecule has 2 aromatic rings. The van der Waals surface area contributed by atoms with E-state index in [1.54, 1.807) is 0 Å². The van der Waals surface area contributed by atoms with Crippen molar-refractivity contribution < 1.29 is 4.79 Å². The van der Waals surface area contributed by atoms with Crippen LogP contribution in [-0.2, 0) is 0 Å². The third kappa shape index (κ3) is 2.66. The molecule has 4 heteroatoms. The minimum absolute atomic E-state index is 0.00407. The third-order valence-electron chi connectivity index (χ3n) is 4.03. The predicted octanol–water partition coefficient (Wildman–Crippen LogP) is 3.94. The van der Waals surface area contributed by atoms with Crippen molar-refractivity contribution in [1.82, 2.24) is 5.32 Å². The Morgan fingerprint density at radius 1 is 1.15 bits per heavy atom. The molecule has 0 aliphatic heterocycles. The van der Waals surface area contributed by atoms with E-state index in [9.17, 15) is 4.79 Å². The first-order chi connectivity index (χ1) is 9.75. The average Bonchev–Trinajstić information content (AvgIpc) is 2.64. The predicted molar refractivity (Wildman–Crippen MR) is 85.2 cm³/mol. The van der Waals surface area contributed by atoms with Crippen LogP contribution in [0.5, 0.6) is 0 Å². The molecule has 0 atom stereocenters. The molecule has 0 saturated heterocycles. The second kappa shape index (κ2) is 5.83. The molecule has 0 spiro atoms. The molecule has 0 bridgehead atoms. The monoisotopic (exact) mass is 288 g/mol. The summed E-state index contributed by atoms with van der Waals surface area (Å²) in [5.41, 5.74) is 6.75. The minimum Gasteiger partial charge on any atom is -0.397 e. The molecule has 1 aliphatic carbocycles. The lowest BCUT2D eigenvalue weighted by molar-refractivity contribution is 0.0938. The second-order valence-electron chi connectivity index (χ2n) is 5.50. The highest BCUT2D eigenvalue weighted by molar-refractivity contribution is 7.21. The van der Waals surface area contributed by atoms with Gasteiger partial charge in [-0.05, 0) is 18.9 Å². The molecule has 0 unspecified atom stereocenters. The van der Waals surface area contributed by atoms with Gasteiger partial charge in [0.05, 0.1) is 5.69 Å². The zero-order valence-corrected chi connectivity index (χ0v) is 12.3. The number of benzene rings is 1. The van der Waals surface area contributed by atoms with Crippen molar-refractivity contribution in [3.8, 4) is 0 Å². The summed E-state index contributed by atoms with van der Waals surface area (Å²) in [6.45, 7) is 0. The van der Waals surface area contributed by atoms with E-state index in [1.165, 1.54) is 37.0 Å². The maximum atomic E-state index is 12.4. The number of nitrogens with two attached hydrogens (primary N) is 1. The molecular formula is C16H20N2OS. The average molecular weight is 288 g/mol. The van der Waals surface area contributed by atoms with Crippen LogP contribution < -0.4 is 11.1 Å². The van der Waals surface area contributed by atoms with Crippen LogP contribution in [0.25, 0.3) is 10.1 Å². The van der Waals surface area contributed by atoms with Crippen molar-refractivity contribution in [3.63, 3.8) is 0 Å². The van der Waals surface area contributed by atoms with Gasteiger partial charge in [-0.1, -0.05) is 43.9 Å².